The molecule has 0 saturated heterocycles. The molecule has 0 unspecified atom stereocenters. The number of hydrogen-bond donors (Lipinski definition) is 1. The Hall–Kier alpha value is -2.86. The average Bonchev–Trinajstić information content (AvgIpc) is 2.95. The molecule has 6 nitrogen and oxygen atoms in total. The first-order valence-electron chi connectivity index (χ1n) is 15.1. The van der Waals surface area contributed by atoms with Crippen molar-refractivity contribution in [1.82, 2.24) is 4.90 Å². The molecule has 1 amide bonds. The summed E-state index contributed by atoms with van der Waals surface area (Å²) in [5, 5.41) is 8.54. The van der Waals surface area contributed by atoms with Crippen molar-refractivity contribution in [2.75, 3.05) is 26.3 Å². The van der Waals surface area contributed by atoms with Crippen LogP contribution < -0.4 is 0 Å². The molecule has 2 aromatic carbocycles. The zero-order valence-corrected chi connectivity index (χ0v) is 26.6. The zero-order chi connectivity index (χ0) is 30.7. The van der Waals surface area contributed by atoms with Gasteiger partial charge in [-0.15, -0.1) is 0 Å². The highest BCUT2D eigenvalue weighted by Gasteiger charge is 2.23. The van der Waals surface area contributed by atoms with E-state index in [1.54, 1.807) is 20.8 Å². The lowest BCUT2D eigenvalue weighted by Gasteiger charge is -2.26. The standard InChI is InChI=1S/C20H31NO4.C10H14O.2C2H6/c1-5-14-21(19(23)25-20(2,3)4)16-18(22)24-15-10-9-13-17-11-7-6-8-12-17;11-9-5-4-8-10-6-2-1-3-7-10;2*1-2/h6-8,11-12H,5,9-10,13-16H2,1-4H3;1-3,6-7,11H,4-5,8-9H2;2*1-2H3. The normalized spacial score (nSPS) is 9.93. The number of aliphatic hydroxyl groups is 1. The molecule has 0 saturated carbocycles. The number of aryl methyl sites for hydroxylation is 2. The highest BCUT2D eigenvalue weighted by molar-refractivity contribution is 5.78. The third-order valence-electron chi connectivity index (χ3n) is 5.15. The van der Waals surface area contributed by atoms with Gasteiger partial charge < -0.3 is 14.6 Å². The number of carbonyl (C=O) groups excluding carboxylic acids is 2. The smallest absolute Gasteiger partial charge is 0.410 e. The van der Waals surface area contributed by atoms with E-state index in [1.807, 2.05) is 71.0 Å². The number of amides is 1. The second-order valence-corrected chi connectivity index (χ2v) is 9.73. The van der Waals surface area contributed by atoms with E-state index in [-0.39, 0.29) is 12.5 Å². The Bertz CT molecular complexity index is 834. The van der Waals surface area contributed by atoms with Gasteiger partial charge in [-0.1, -0.05) is 95.3 Å². The number of rotatable bonds is 13. The Morgan fingerprint density at radius 1 is 0.775 bits per heavy atom. The first kappa shape index (κ1) is 39.3. The Kier molecular flexibility index (Phi) is 25.9. The minimum Gasteiger partial charge on any atom is -0.464 e. The number of benzene rings is 2. The summed E-state index contributed by atoms with van der Waals surface area (Å²) in [5.74, 6) is -0.390. The van der Waals surface area contributed by atoms with E-state index in [2.05, 4.69) is 24.3 Å². The molecule has 1 N–H and O–H groups in total. The van der Waals surface area contributed by atoms with E-state index in [9.17, 15) is 9.59 Å². The van der Waals surface area contributed by atoms with Gasteiger partial charge in [-0.25, -0.2) is 4.79 Å². The minimum absolute atomic E-state index is 0.0680. The number of aliphatic hydroxyl groups excluding tert-OH is 1. The van der Waals surface area contributed by atoms with Crippen molar-refractivity contribution in [1.29, 1.82) is 0 Å². The topological polar surface area (TPSA) is 76.1 Å². The van der Waals surface area contributed by atoms with Gasteiger partial charge in [0.2, 0.25) is 0 Å². The monoisotopic (exact) mass is 559 g/mol. The summed E-state index contributed by atoms with van der Waals surface area (Å²) in [4.78, 5) is 25.5. The Morgan fingerprint density at radius 2 is 1.25 bits per heavy atom. The maximum Gasteiger partial charge on any atom is 0.410 e. The number of nitrogens with zero attached hydrogens (tertiary/aromatic N) is 1. The molecule has 2 rings (SSSR count). The van der Waals surface area contributed by atoms with Crippen LogP contribution in [0.5, 0.6) is 0 Å². The Balaban J connectivity index is 0. The number of hydrogen-bond acceptors (Lipinski definition) is 5. The Labute approximate surface area is 245 Å². The molecule has 0 spiro atoms. The summed E-state index contributed by atoms with van der Waals surface area (Å²) in [7, 11) is 0. The molecule has 6 heteroatoms. The van der Waals surface area contributed by atoms with Gasteiger partial charge >= 0.3 is 12.1 Å². The van der Waals surface area contributed by atoms with E-state index in [4.69, 9.17) is 14.6 Å². The van der Waals surface area contributed by atoms with Gasteiger partial charge in [0.1, 0.15) is 12.1 Å². The molecule has 0 aliphatic heterocycles. The fraction of sp³-hybridized carbons (Fsp3) is 0.588. The van der Waals surface area contributed by atoms with Crippen LogP contribution in [0, 0.1) is 0 Å². The maximum atomic E-state index is 12.1. The van der Waals surface area contributed by atoms with Crippen LogP contribution in [0.15, 0.2) is 60.7 Å². The number of carbonyl (C=O) groups is 2. The van der Waals surface area contributed by atoms with Crippen LogP contribution in [0.4, 0.5) is 4.79 Å². The molecule has 0 fully saturated rings. The molecular weight excluding hydrogens is 502 g/mol. The van der Waals surface area contributed by atoms with Crippen molar-refractivity contribution in [3.8, 4) is 0 Å². The van der Waals surface area contributed by atoms with E-state index in [1.165, 1.54) is 16.0 Å². The quantitative estimate of drug-likeness (QED) is 0.197. The third-order valence-corrected chi connectivity index (χ3v) is 5.15. The summed E-state index contributed by atoms with van der Waals surface area (Å²) in [6.07, 6.45) is 6.09. The van der Waals surface area contributed by atoms with Crippen LogP contribution in [0.2, 0.25) is 0 Å². The van der Waals surface area contributed by atoms with Gasteiger partial charge in [0.05, 0.1) is 6.61 Å². The number of ether oxygens (including phenoxy) is 2. The fourth-order valence-electron chi connectivity index (χ4n) is 3.38. The van der Waals surface area contributed by atoms with Crippen LogP contribution in [0.1, 0.15) is 98.6 Å². The zero-order valence-electron chi connectivity index (χ0n) is 26.6. The SMILES string of the molecule is CC.CC.CCCN(CC(=O)OCCCCc1ccccc1)C(=O)OC(C)(C)C.OCCCCc1ccccc1. The first-order valence-corrected chi connectivity index (χ1v) is 15.1. The van der Waals surface area contributed by atoms with Crippen LogP contribution >= 0.6 is 0 Å². The first-order chi connectivity index (χ1) is 19.2. The van der Waals surface area contributed by atoms with Crippen molar-refractivity contribution in [3.05, 3.63) is 71.8 Å². The summed E-state index contributed by atoms with van der Waals surface area (Å²) >= 11 is 0. The van der Waals surface area contributed by atoms with Gasteiger partial charge in [0, 0.05) is 13.2 Å². The predicted molar refractivity (Wildman–Crippen MR) is 168 cm³/mol. The van der Waals surface area contributed by atoms with Gasteiger partial charge in [0.25, 0.3) is 0 Å². The van der Waals surface area contributed by atoms with Crippen LogP contribution in [0.3, 0.4) is 0 Å². The fourth-order valence-corrected chi connectivity index (χ4v) is 3.38. The van der Waals surface area contributed by atoms with Crippen molar-refractivity contribution >= 4 is 12.1 Å². The molecule has 0 aliphatic rings. The molecule has 40 heavy (non-hydrogen) atoms. The molecular formula is C34H57NO5. The van der Waals surface area contributed by atoms with Crippen LogP contribution in [0.25, 0.3) is 0 Å². The molecule has 2 aromatic rings. The molecule has 0 radical (unpaired) electrons. The lowest BCUT2D eigenvalue weighted by atomic mass is 10.1. The van der Waals surface area contributed by atoms with Crippen molar-refractivity contribution in [3.63, 3.8) is 0 Å². The third kappa shape index (κ3) is 23.1. The summed E-state index contributed by atoms with van der Waals surface area (Å²) < 4.78 is 10.6. The van der Waals surface area contributed by atoms with E-state index in [0.29, 0.717) is 19.8 Å². The summed E-state index contributed by atoms with van der Waals surface area (Å²) in [5.41, 5.74) is 2.07. The minimum atomic E-state index is -0.579. The summed E-state index contributed by atoms with van der Waals surface area (Å²) in [6, 6.07) is 20.6. The molecule has 0 heterocycles. The van der Waals surface area contributed by atoms with Gasteiger partial charge in [-0.05, 0) is 76.8 Å². The van der Waals surface area contributed by atoms with Crippen molar-refractivity contribution in [2.45, 2.75) is 106 Å². The van der Waals surface area contributed by atoms with Crippen molar-refractivity contribution < 1.29 is 24.2 Å². The molecule has 0 aromatic heterocycles. The molecule has 0 atom stereocenters. The van der Waals surface area contributed by atoms with E-state index in [0.717, 1.165) is 44.9 Å². The molecule has 228 valence electrons. The van der Waals surface area contributed by atoms with Crippen LogP contribution in [-0.2, 0) is 27.1 Å². The average molecular weight is 560 g/mol. The van der Waals surface area contributed by atoms with E-state index >= 15 is 0 Å². The lowest BCUT2D eigenvalue weighted by Crippen LogP contribution is -2.40. The lowest BCUT2D eigenvalue weighted by molar-refractivity contribution is -0.145. The molecule has 0 aliphatic carbocycles. The maximum absolute atomic E-state index is 12.1. The van der Waals surface area contributed by atoms with Crippen LogP contribution in [-0.4, -0.2) is 54.0 Å². The van der Waals surface area contributed by atoms with Gasteiger partial charge in [0.15, 0.2) is 0 Å². The van der Waals surface area contributed by atoms with Crippen molar-refractivity contribution in [2.24, 2.45) is 0 Å². The number of esters is 1. The van der Waals surface area contributed by atoms with Gasteiger partial charge in [-0.2, -0.15) is 0 Å². The van der Waals surface area contributed by atoms with E-state index < -0.39 is 11.7 Å². The Morgan fingerprint density at radius 3 is 1.68 bits per heavy atom. The highest BCUT2D eigenvalue weighted by atomic mass is 16.6. The van der Waals surface area contributed by atoms with Gasteiger partial charge in [-0.3, -0.25) is 9.69 Å². The highest BCUT2D eigenvalue weighted by Crippen LogP contribution is 2.11. The number of unbranched alkanes of at least 4 members (excludes halogenated alkanes) is 2. The predicted octanol–water partition coefficient (Wildman–Crippen LogP) is 8.25. The summed E-state index contributed by atoms with van der Waals surface area (Å²) in [6.45, 7) is 16.5. The molecule has 0 bridgehead atoms. The second-order valence-electron chi connectivity index (χ2n) is 9.73. The second kappa shape index (κ2) is 26.4. The largest absolute Gasteiger partial charge is 0.464 e.